The maximum atomic E-state index is 2.45. The molecule has 2 aromatic heterocycles. The Kier molecular flexibility index (Phi) is 7.39. The lowest BCUT2D eigenvalue weighted by Gasteiger charge is -2.29. The van der Waals surface area contributed by atoms with Crippen LogP contribution in [0, 0.1) is 0 Å². The first-order valence-electron chi connectivity index (χ1n) is 18.8. The lowest BCUT2D eigenvalue weighted by molar-refractivity contribution is 1.17. The molecule has 0 aliphatic carbocycles. The first kappa shape index (κ1) is 31.6. The van der Waals surface area contributed by atoms with Gasteiger partial charge in [-0.1, -0.05) is 152 Å². The van der Waals surface area contributed by atoms with E-state index in [0.717, 1.165) is 22.7 Å². The third kappa shape index (κ3) is 5.16. The first-order chi connectivity index (χ1) is 27.3. The van der Waals surface area contributed by atoms with Gasteiger partial charge in [-0.3, -0.25) is 0 Å². The Balaban J connectivity index is 1.11. The second kappa shape index (κ2) is 12.9. The van der Waals surface area contributed by atoms with Crippen molar-refractivity contribution in [2.45, 2.75) is 0 Å². The van der Waals surface area contributed by atoms with Crippen molar-refractivity contribution >= 4 is 81.1 Å². The maximum Gasteiger partial charge on any atom is 0.0782 e. The third-order valence-electron chi connectivity index (χ3n) is 11.0. The molecule has 0 saturated carbocycles. The topological polar surface area (TPSA) is 8.17 Å². The summed E-state index contributed by atoms with van der Waals surface area (Å²) < 4.78 is 5.07. The van der Waals surface area contributed by atoms with Gasteiger partial charge in [0.15, 0.2) is 0 Å². The van der Waals surface area contributed by atoms with E-state index in [0.29, 0.717) is 0 Å². The molecule has 0 atom stereocenters. The van der Waals surface area contributed by atoms with Gasteiger partial charge in [0.25, 0.3) is 0 Å². The molecule has 3 heteroatoms. The lowest BCUT2D eigenvalue weighted by atomic mass is 9.99. The van der Waals surface area contributed by atoms with Crippen LogP contribution in [-0.2, 0) is 0 Å². The summed E-state index contributed by atoms with van der Waals surface area (Å²) in [6.07, 6.45) is 0. The number of hydrogen-bond donors (Lipinski definition) is 0. The summed E-state index contributed by atoms with van der Waals surface area (Å²) in [6, 6.07) is 75.1. The fraction of sp³-hybridized carbons (Fsp3) is 0. The summed E-state index contributed by atoms with van der Waals surface area (Å²) in [5.74, 6) is 0. The molecule has 0 saturated heterocycles. The number of rotatable bonds is 6. The number of hydrogen-bond acceptors (Lipinski definition) is 2. The second-order valence-corrected chi connectivity index (χ2v) is 15.2. The largest absolute Gasteiger partial charge is 0.308 e. The van der Waals surface area contributed by atoms with Crippen LogP contribution in [0.3, 0.4) is 0 Å². The van der Waals surface area contributed by atoms with Crippen LogP contribution < -0.4 is 4.90 Å². The van der Waals surface area contributed by atoms with Gasteiger partial charge in [-0.05, 0) is 82.1 Å². The van der Waals surface area contributed by atoms with Gasteiger partial charge in [0, 0.05) is 47.9 Å². The first-order valence-corrected chi connectivity index (χ1v) is 19.6. The Morgan fingerprint density at radius 1 is 0.400 bits per heavy atom. The molecule has 2 nitrogen and oxygen atoms in total. The Bertz CT molecular complexity index is 3190. The molecule has 55 heavy (non-hydrogen) atoms. The van der Waals surface area contributed by atoms with Crippen LogP contribution in [0.2, 0.25) is 0 Å². The molecule has 2 heterocycles. The number of anilines is 3. The van der Waals surface area contributed by atoms with Crippen LogP contribution in [0.5, 0.6) is 0 Å². The Hall–Kier alpha value is -6.94. The molecule has 0 aliphatic heterocycles. The number of aromatic nitrogens is 1. The number of nitrogens with zero attached hydrogens (tertiary/aromatic N) is 2. The molecule has 0 fully saturated rings. The minimum atomic E-state index is 1.10. The molecular formula is C52H34N2S. The van der Waals surface area contributed by atoms with Crippen molar-refractivity contribution in [2.24, 2.45) is 0 Å². The number of benzene rings is 9. The summed E-state index contributed by atoms with van der Waals surface area (Å²) in [5, 5.41) is 7.74. The lowest BCUT2D eigenvalue weighted by Crippen LogP contribution is -2.12. The minimum Gasteiger partial charge on any atom is -0.308 e. The molecule has 0 spiro atoms. The third-order valence-corrected chi connectivity index (χ3v) is 12.1. The quantitative estimate of drug-likeness (QED) is 0.166. The van der Waals surface area contributed by atoms with Gasteiger partial charge in [-0.25, -0.2) is 0 Å². The smallest absolute Gasteiger partial charge is 0.0782 e. The highest BCUT2D eigenvalue weighted by atomic mass is 32.1. The summed E-state index contributed by atoms with van der Waals surface area (Å²) >= 11 is 1.88. The monoisotopic (exact) mass is 718 g/mol. The van der Waals surface area contributed by atoms with Crippen molar-refractivity contribution in [1.82, 2.24) is 4.57 Å². The summed E-state index contributed by atoms with van der Waals surface area (Å²) in [4.78, 5) is 2.45. The fourth-order valence-electron chi connectivity index (χ4n) is 8.49. The van der Waals surface area contributed by atoms with E-state index < -0.39 is 0 Å². The zero-order chi connectivity index (χ0) is 36.3. The zero-order valence-corrected chi connectivity index (χ0v) is 30.7. The van der Waals surface area contributed by atoms with Crippen LogP contribution >= 0.6 is 11.3 Å². The van der Waals surface area contributed by atoms with Crippen molar-refractivity contribution in [1.29, 1.82) is 0 Å². The van der Waals surface area contributed by atoms with E-state index in [1.54, 1.807) is 0 Å². The molecule has 0 radical (unpaired) electrons. The van der Waals surface area contributed by atoms with Crippen LogP contribution in [0.1, 0.15) is 0 Å². The van der Waals surface area contributed by atoms with Crippen molar-refractivity contribution in [3.05, 3.63) is 206 Å². The van der Waals surface area contributed by atoms with E-state index in [-0.39, 0.29) is 0 Å². The van der Waals surface area contributed by atoms with E-state index in [1.807, 2.05) is 11.3 Å². The molecular weight excluding hydrogens is 685 g/mol. The Morgan fingerprint density at radius 2 is 1.07 bits per heavy atom. The molecule has 11 rings (SSSR count). The summed E-state index contributed by atoms with van der Waals surface area (Å²) in [7, 11) is 0. The molecule has 0 amide bonds. The SMILES string of the molecule is c1ccc(-c2ccccc2N(c2ccc(-c3ccc4c(c3)sc3ccc5ccccc5c34)cc2)c2cccc3c4ccccc4n(-c4ccccc4)c23)cc1. The summed E-state index contributed by atoms with van der Waals surface area (Å²) in [6.45, 7) is 0. The highest BCUT2D eigenvalue weighted by molar-refractivity contribution is 7.26. The standard InChI is InChI=1S/C52H34N2S/c1-3-14-36(15-4-1)41-19-9-11-23-46(41)53(48-25-13-22-44-43-21-10-12-24-47(43)54(52(44)48)39-17-5-2-6-18-39)40-30-26-35(27-31-40)38-28-32-45-50(34-38)55-49-33-29-37-16-7-8-20-42(37)51(45)49/h1-34H. The van der Waals surface area contributed by atoms with Gasteiger partial charge in [0.05, 0.1) is 22.4 Å². The van der Waals surface area contributed by atoms with Gasteiger partial charge < -0.3 is 9.47 Å². The van der Waals surface area contributed by atoms with Crippen LogP contribution in [0.4, 0.5) is 17.1 Å². The molecule has 0 unspecified atom stereocenters. The predicted molar refractivity (Wildman–Crippen MR) is 237 cm³/mol. The maximum absolute atomic E-state index is 2.45. The van der Waals surface area contributed by atoms with Crippen molar-refractivity contribution < 1.29 is 0 Å². The molecule has 11 aromatic rings. The highest BCUT2D eigenvalue weighted by Crippen LogP contribution is 2.47. The van der Waals surface area contributed by atoms with Gasteiger partial charge >= 0.3 is 0 Å². The zero-order valence-electron chi connectivity index (χ0n) is 29.9. The normalized spacial score (nSPS) is 11.6. The van der Waals surface area contributed by atoms with Gasteiger partial charge in [0.1, 0.15) is 0 Å². The second-order valence-electron chi connectivity index (χ2n) is 14.1. The van der Waals surface area contributed by atoms with E-state index in [1.165, 1.54) is 75.0 Å². The average Bonchev–Trinajstić information content (AvgIpc) is 3.81. The van der Waals surface area contributed by atoms with E-state index in [2.05, 4.69) is 216 Å². The number of fused-ring (bicyclic) bond motifs is 8. The highest BCUT2D eigenvalue weighted by Gasteiger charge is 2.23. The average molecular weight is 719 g/mol. The van der Waals surface area contributed by atoms with Gasteiger partial charge in [0.2, 0.25) is 0 Å². The van der Waals surface area contributed by atoms with Gasteiger partial charge in [-0.2, -0.15) is 0 Å². The molecule has 258 valence electrons. The molecule has 0 aliphatic rings. The number of para-hydroxylation sites is 4. The Morgan fingerprint density at radius 3 is 1.93 bits per heavy atom. The van der Waals surface area contributed by atoms with E-state index in [9.17, 15) is 0 Å². The van der Waals surface area contributed by atoms with E-state index >= 15 is 0 Å². The molecule has 0 N–H and O–H groups in total. The van der Waals surface area contributed by atoms with Crippen LogP contribution in [0.25, 0.3) is 80.7 Å². The van der Waals surface area contributed by atoms with Crippen molar-refractivity contribution in [2.75, 3.05) is 4.90 Å². The van der Waals surface area contributed by atoms with Crippen molar-refractivity contribution in [3.8, 4) is 27.9 Å². The van der Waals surface area contributed by atoms with E-state index in [4.69, 9.17) is 0 Å². The van der Waals surface area contributed by atoms with Crippen LogP contribution in [-0.4, -0.2) is 4.57 Å². The molecule has 0 bridgehead atoms. The molecule has 9 aromatic carbocycles. The predicted octanol–water partition coefficient (Wildman–Crippen LogP) is 15.1. The van der Waals surface area contributed by atoms with Gasteiger partial charge in [-0.15, -0.1) is 11.3 Å². The minimum absolute atomic E-state index is 1.10. The number of thiophene rings is 1. The van der Waals surface area contributed by atoms with Crippen molar-refractivity contribution in [3.63, 3.8) is 0 Å². The Labute approximate surface area is 323 Å². The van der Waals surface area contributed by atoms with Crippen LogP contribution in [0.15, 0.2) is 206 Å². The fourth-order valence-corrected chi connectivity index (χ4v) is 9.65. The summed E-state index contributed by atoms with van der Waals surface area (Å²) in [5.41, 5.74) is 11.6.